The topological polar surface area (TPSA) is 51.0 Å². The van der Waals surface area contributed by atoms with E-state index in [2.05, 4.69) is 31.4 Å². The fourth-order valence-corrected chi connectivity index (χ4v) is 1.63. The monoisotopic (exact) mass is 281 g/mol. The maximum absolute atomic E-state index is 5.14. The van der Waals surface area contributed by atoms with Crippen LogP contribution in [0.25, 0.3) is 0 Å². The lowest BCUT2D eigenvalue weighted by molar-refractivity contribution is 0.378. The van der Waals surface area contributed by atoms with Crippen molar-refractivity contribution in [2.45, 2.75) is 13.0 Å². The Morgan fingerprint density at radius 3 is 2.75 bits per heavy atom. The van der Waals surface area contributed by atoms with Gasteiger partial charge in [0.1, 0.15) is 0 Å². The molecule has 0 amide bonds. The molecule has 84 valence electrons. The summed E-state index contributed by atoms with van der Waals surface area (Å²) in [5, 5.41) is 6.84. The number of nitrogens with zero attached hydrogens (tertiary/aromatic N) is 2. The number of halogens is 1. The Morgan fingerprint density at radius 2 is 2.06 bits per heavy atom. The van der Waals surface area contributed by atoms with Crippen LogP contribution in [0.5, 0.6) is 0 Å². The molecule has 0 saturated carbocycles. The molecule has 0 fully saturated rings. The summed E-state index contributed by atoms with van der Waals surface area (Å²) in [7, 11) is 1.85. The van der Waals surface area contributed by atoms with Gasteiger partial charge in [-0.1, -0.05) is 33.2 Å². The molecule has 5 heteroatoms. The quantitative estimate of drug-likeness (QED) is 0.933. The van der Waals surface area contributed by atoms with E-state index in [0.29, 0.717) is 24.7 Å². The zero-order valence-corrected chi connectivity index (χ0v) is 10.5. The van der Waals surface area contributed by atoms with Crippen molar-refractivity contribution in [3.05, 3.63) is 46.0 Å². The maximum atomic E-state index is 5.14. The van der Waals surface area contributed by atoms with Crippen LogP contribution in [-0.4, -0.2) is 17.2 Å². The van der Waals surface area contributed by atoms with Crippen molar-refractivity contribution in [1.29, 1.82) is 0 Å². The lowest BCUT2D eigenvalue weighted by atomic mass is 10.1. The average Bonchev–Trinajstić information content (AvgIpc) is 2.70. The van der Waals surface area contributed by atoms with Crippen molar-refractivity contribution in [3.63, 3.8) is 0 Å². The van der Waals surface area contributed by atoms with E-state index in [-0.39, 0.29) is 0 Å². The van der Waals surface area contributed by atoms with Gasteiger partial charge < -0.3 is 9.84 Å². The van der Waals surface area contributed by atoms with Crippen LogP contribution < -0.4 is 5.32 Å². The second-order valence-corrected chi connectivity index (χ2v) is 4.35. The van der Waals surface area contributed by atoms with Crippen molar-refractivity contribution in [2.75, 3.05) is 7.05 Å². The van der Waals surface area contributed by atoms with E-state index in [1.165, 1.54) is 0 Å². The number of rotatable bonds is 4. The molecule has 2 aromatic rings. The number of nitrogens with one attached hydrogen (secondary N) is 1. The van der Waals surface area contributed by atoms with Crippen molar-refractivity contribution < 1.29 is 4.52 Å². The van der Waals surface area contributed by atoms with E-state index in [4.69, 9.17) is 4.52 Å². The van der Waals surface area contributed by atoms with Crippen LogP contribution in [-0.2, 0) is 13.0 Å². The minimum atomic E-state index is 0.629. The Morgan fingerprint density at radius 1 is 1.31 bits per heavy atom. The first-order valence-electron chi connectivity index (χ1n) is 4.98. The molecule has 16 heavy (non-hydrogen) atoms. The molecular weight excluding hydrogens is 270 g/mol. The Balaban J connectivity index is 2.05. The standard InChI is InChI=1S/C11H12BrN3O/c1-13-7-10-14-11(16-15-10)6-8-2-4-9(12)5-3-8/h2-5,13H,6-7H2,1H3. The molecule has 2 rings (SSSR count). The fraction of sp³-hybridized carbons (Fsp3) is 0.273. The zero-order chi connectivity index (χ0) is 11.4. The maximum Gasteiger partial charge on any atom is 0.231 e. The molecule has 1 N–H and O–H groups in total. The number of benzene rings is 1. The highest BCUT2D eigenvalue weighted by atomic mass is 79.9. The van der Waals surface area contributed by atoms with Crippen LogP contribution in [0.3, 0.4) is 0 Å². The van der Waals surface area contributed by atoms with E-state index in [1.807, 2.05) is 31.3 Å². The minimum absolute atomic E-state index is 0.629. The van der Waals surface area contributed by atoms with Crippen molar-refractivity contribution in [3.8, 4) is 0 Å². The molecule has 0 radical (unpaired) electrons. The summed E-state index contributed by atoms with van der Waals surface area (Å²) in [6, 6.07) is 8.07. The van der Waals surface area contributed by atoms with Crippen LogP contribution in [0.15, 0.2) is 33.3 Å². The molecule has 0 aliphatic carbocycles. The van der Waals surface area contributed by atoms with Gasteiger partial charge in [-0.05, 0) is 24.7 Å². The van der Waals surface area contributed by atoms with Gasteiger partial charge in [0.25, 0.3) is 0 Å². The number of hydrogen-bond acceptors (Lipinski definition) is 4. The first-order valence-corrected chi connectivity index (χ1v) is 5.78. The molecule has 0 unspecified atom stereocenters. The number of aromatic nitrogens is 2. The molecule has 4 nitrogen and oxygen atoms in total. The predicted molar refractivity (Wildman–Crippen MR) is 64.0 cm³/mol. The molecular formula is C11H12BrN3O. The summed E-state index contributed by atoms with van der Waals surface area (Å²) in [6.45, 7) is 0.629. The molecule has 0 saturated heterocycles. The van der Waals surface area contributed by atoms with Gasteiger partial charge in [-0.25, -0.2) is 0 Å². The van der Waals surface area contributed by atoms with E-state index in [0.717, 1.165) is 10.0 Å². The summed E-state index contributed by atoms with van der Waals surface area (Å²) in [5.41, 5.74) is 1.16. The van der Waals surface area contributed by atoms with E-state index < -0.39 is 0 Å². The lowest BCUT2D eigenvalue weighted by Crippen LogP contribution is -2.06. The van der Waals surface area contributed by atoms with Crippen LogP contribution in [0.2, 0.25) is 0 Å². The van der Waals surface area contributed by atoms with Gasteiger partial charge in [-0.15, -0.1) is 0 Å². The zero-order valence-electron chi connectivity index (χ0n) is 8.90. The molecule has 1 aromatic carbocycles. The predicted octanol–water partition coefficient (Wildman–Crippen LogP) is 2.14. The molecule has 0 aliphatic rings. The summed E-state index contributed by atoms with van der Waals surface area (Å²) >= 11 is 3.40. The summed E-state index contributed by atoms with van der Waals surface area (Å²) < 4.78 is 6.21. The minimum Gasteiger partial charge on any atom is -0.339 e. The van der Waals surface area contributed by atoms with Gasteiger partial charge in [0.05, 0.1) is 13.0 Å². The molecule has 0 bridgehead atoms. The van der Waals surface area contributed by atoms with Gasteiger partial charge >= 0.3 is 0 Å². The van der Waals surface area contributed by atoms with Crippen LogP contribution in [0.1, 0.15) is 17.3 Å². The third kappa shape index (κ3) is 2.90. The van der Waals surface area contributed by atoms with Crippen molar-refractivity contribution in [1.82, 2.24) is 15.5 Å². The van der Waals surface area contributed by atoms with E-state index in [1.54, 1.807) is 0 Å². The Bertz CT molecular complexity index is 453. The fourth-order valence-electron chi connectivity index (χ4n) is 1.37. The van der Waals surface area contributed by atoms with Gasteiger partial charge in [0, 0.05) is 4.47 Å². The second-order valence-electron chi connectivity index (χ2n) is 3.44. The Hall–Kier alpha value is -1.20. The SMILES string of the molecule is CNCc1noc(Cc2ccc(Br)cc2)n1. The van der Waals surface area contributed by atoms with Gasteiger partial charge in [0.2, 0.25) is 5.89 Å². The second kappa shape index (κ2) is 5.23. The first kappa shape index (κ1) is 11.3. The van der Waals surface area contributed by atoms with Crippen LogP contribution in [0.4, 0.5) is 0 Å². The first-order chi connectivity index (χ1) is 7.78. The summed E-state index contributed by atoms with van der Waals surface area (Å²) in [4.78, 5) is 4.27. The lowest BCUT2D eigenvalue weighted by Gasteiger charge is -1.96. The molecule has 0 atom stereocenters. The van der Waals surface area contributed by atoms with Crippen molar-refractivity contribution in [2.24, 2.45) is 0 Å². The Labute approximate surface area is 102 Å². The van der Waals surface area contributed by atoms with Gasteiger partial charge in [0.15, 0.2) is 5.82 Å². The highest BCUT2D eigenvalue weighted by Crippen LogP contribution is 2.13. The molecule has 1 aromatic heterocycles. The van der Waals surface area contributed by atoms with Gasteiger partial charge in [-0.3, -0.25) is 0 Å². The van der Waals surface area contributed by atoms with E-state index >= 15 is 0 Å². The van der Waals surface area contributed by atoms with E-state index in [9.17, 15) is 0 Å². The third-order valence-corrected chi connectivity index (χ3v) is 2.64. The Kier molecular flexibility index (Phi) is 3.69. The molecule has 1 heterocycles. The van der Waals surface area contributed by atoms with Crippen LogP contribution in [0, 0.1) is 0 Å². The van der Waals surface area contributed by atoms with Gasteiger partial charge in [-0.2, -0.15) is 4.98 Å². The van der Waals surface area contributed by atoms with Crippen molar-refractivity contribution >= 4 is 15.9 Å². The summed E-state index contributed by atoms with van der Waals surface area (Å²) in [5.74, 6) is 1.34. The summed E-state index contributed by atoms with van der Waals surface area (Å²) in [6.07, 6.45) is 0.671. The number of hydrogen-bond donors (Lipinski definition) is 1. The molecule has 0 aliphatic heterocycles. The largest absolute Gasteiger partial charge is 0.339 e. The van der Waals surface area contributed by atoms with Crippen LogP contribution >= 0.6 is 15.9 Å². The molecule has 0 spiro atoms. The highest BCUT2D eigenvalue weighted by Gasteiger charge is 2.06. The normalized spacial score (nSPS) is 10.6. The highest BCUT2D eigenvalue weighted by molar-refractivity contribution is 9.10. The third-order valence-electron chi connectivity index (χ3n) is 2.11. The average molecular weight is 282 g/mol. The smallest absolute Gasteiger partial charge is 0.231 e.